The van der Waals surface area contributed by atoms with Gasteiger partial charge in [0, 0.05) is 5.69 Å². The third-order valence-electron chi connectivity index (χ3n) is 3.08. The number of amides is 1. The van der Waals surface area contributed by atoms with Crippen molar-refractivity contribution < 1.29 is 18.0 Å². The standard InChI is InChI=1S/C16H12Br2F3NO/c17-13(10-5-2-1-3-6-10)14(18)15(23)22-12-8-4-7-11(9-12)16(19,20)21/h1-9,13-14H,(H,22,23). The summed E-state index contributed by atoms with van der Waals surface area (Å²) in [7, 11) is 0. The van der Waals surface area contributed by atoms with E-state index in [1.165, 1.54) is 12.1 Å². The summed E-state index contributed by atoms with van der Waals surface area (Å²) in [5, 5.41) is 2.49. The number of hydrogen-bond donors (Lipinski definition) is 1. The highest BCUT2D eigenvalue weighted by atomic mass is 79.9. The van der Waals surface area contributed by atoms with E-state index in [9.17, 15) is 18.0 Å². The van der Waals surface area contributed by atoms with Crippen LogP contribution in [0.5, 0.6) is 0 Å². The van der Waals surface area contributed by atoms with Gasteiger partial charge < -0.3 is 5.32 Å². The smallest absolute Gasteiger partial charge is 0.325 e. The molecule has 23 heavy (non-hydrogen) atoms. The molecule has 0 fully saturated rings. The average molecular weight is 451 g/mol. The highest BCUT2D eigenvalue weighted by molar-refractivity contribution is 9.12. The van der Waals surface area contributed by atoms with E-state index in [0.29, 0.717) is 0 Å². The molecule has 2 rings (SSSR count). The number of rotatable bonds is 4. The Labute approximate surface area is 148 Å². The fraction of sp³-hybridized carbons (Fsp3) is 0.188. The van der Waals surface area contributed by atoms with Gasteiger partial charge in [0.2, 0.25) is 5.91 Å². The number of anilines is 1. The van der Waals surface area contributed by atoms with Crippen LogP contribution in [0.2, 0.25) is 0 Å². The molecule has 0 saturated carbocycles. The summed E-state index contributed by atoms with van der Waals surface area (Å²) in [6.45, 7) is 0. The Hall–Kier alpha value is -1.34. The van der Waals surface area contributed by atoms with Gasteiger partial charge in [-0.2, -0.15) is 13.2 Å². The largest absolute Gasteiger partial charge is 0.416 e. The van der Waals surface area contributed by atoms with Crippen molar-refractivity contribution in [3.05, 3.63) is 65.7 Å². The first kappa shape index (κ1) is 18.0. The maximum absolute atomic E-state index is 12.7. The highest BCUT2D eigenvalue weighted by Crippen LogP contribution is 2.33. The molecule has 1 amide bonds. The highest BCUT2D eigenvalue weighted by Gasteiger charge is 2.31. The number of carbonyl (C=O) groups is 1. The van der Waals surface area contributed by atoms with Gasteiger partial charge >= 0.3 is 6.18 Å². The minimum Gasteiger partial charge on any atom is -0.325 e. The normalized spacial score (nSPS) is 14.1. The predicted molar refractivity (Wildman–Crippen MR) is 90.9 cm³/mol. The lowest BCUT2D eigenvalue weighted by atomic mass is 10.1. The number of carbonyl (C=O) groups excluding carboxylic acids is 1. The first-order chi connectivity index (χ1) is 10.8. The molecule has 122 valence electrons. The summed E-state index contributed by atoms with van der Waals surface area (Å²) in [6.07, 6.45) is -4.45. The quantitative estimate of drug-likeness (QED) is 0.608. The summed E-state index contributed by atoms with van der Waals surface area (Å²) in [5.74, 6) is -0.435. The van der Waals surface area contributed by atoms with E-state index in [-0.39, 0.29) is 10.5 Å². The van der Waals surface area contributed by atoms with Crippen LogP contribution in [0.1, 0.15) is 16.0 Å². The van der Waals surface area contributed by atoms with Crippen molar-refractivity contribution in [2.75, 3.05) is 5.32 Å². The fourth-order valence-electron chi connectivity index (χ4n) is 1.92. The molecule has 2 nitrogen and oxygen atoms in total. The van der Waals surface area contributed by atoms with E-state index in [4.69, 9.17) is 0 Å². The zero-order valence-electron chi connectivity index (χ0n) is 11.6. The molecule has 0 aromatic heterocycles. The number of nitrogens with one attached hydrogen (secondary N) is 1. The lowest BCUT2D eigenvalue weighted by Crippen LogP contribution is -2.26. The molecule has 0 aliphatic heterocycles. The minimum absolute atomic E-state index is 0.0991. The second-order valence-electron chi connectivity index (χ2n) is 4.78. The Morgan fingerprint density at radius 3 is 2.26 bits per heavy atom. The minimum atomic E-state index is -4.45. The number of halogens is 5. The van der Waals surface area contributed by atoms with Crippen LogP contribution in [0.15, 0.2) is 54.6 Å². The maximum Gasteiger partial charge on any atom is 0.416 e. The Balaban J connectivity index is 2.10. The monoisotopic (exact) mass is 449 g/mol. The molecule has 0 saturated heterocycles. The molecule has 2 unspecified atom stereocenters. The molecule has 2 aromatic carbocycles. The van der Waals surface area contributed by atoms with Crippen molar-refractivity contribution in [1.82, 2.24) is 0 Å². The zero-order valence-corrected chi connectivity index (χ0v) is 14.8. The zero-order chi connectivity index (χ0) is 17.0. The third-order valence-corrected chi connectivity index (χ3v) is 5.79. The van der Waals surface area contributed by atoms with Gasteiger partial charge in [0.15, 0.2) is 0 Å². The summed E-state index contributed by atoms with van der Waals surface area (Å²) >= 11 is 6.70. The van der Waals surface area contributed by atoms with Crippen molar-refractivity contribution in [2.45, 2.75) is 15.8 Å². The number of benzene rings is 2. The van der Waals surface area contributed by atoms with Crippen molar-refractivity contribution in [1.29, 1.82) is 0 Å². The van der Waals surface area contributed by atoms with Crippen LogP contribution in [0.3, 0.4) is 0 Å². The van der Waals surface area contributed by atoms with E-state index in [1.807, 2.05) is 30.3 Å². The molecule has 0 heterocycles. The number of hydrogen-bond acceptors (Lipinski definition) is 1. The summed E-state index contributed by atoms with van der Waals surface area (Å²) in [6, 6.07) is 13.8. The molecule has 0 aliphatic carbocycles. The molecule has 7 heteroatoms. The van der Waals surface area contributed by atoms with Crippen LogP contribution in [0, 0.1) is 0 Å². The molecular weight excluding hydrogens is 439 g/mol. The summed E-state index contributed by atoms with van der Waals surface area (Å²) in [4.78, 5) is 11.3. The second-order valence-corrected chi connectivity index (χ2v) is 6.76. The maximum atomic E-state index is 12.7. The van der Waals surface area contributed by atoms with Crippen molar-refractivity contribution in [2.24, 2.45) is 0 Å². The van der Waals surface area contributed by atoms with Gasteiger partial charge in [-0.1, -0.05) is 68.3 Å². The van der Waals surface area contributed by atoms with Crippen LogP contribution in [-0.2, 0) is 11.0 Å². The molecular formula is C16H12Br2F3NO. The van der Waals surface area contributed by atoms with E-state index >= 15 is 0 Å². The summed E-state index contributed by atoms with van der Waals surface area (Å²) in [5.41, 5.74) is 0.176. The molecule has 1 N–H and O–H groups in total. The van der Waals surface area contributed by atoms with Crippen LogP contribution in [0.4, 0.5) is 18.9 Å². The Kier molecular flexibility index (Phi) is 5.86. The van der Waals surface area contributed by atoms with Crippen LogP contribution >= 0.6 is 31.9 Å². The SMILES string of the molecule is O=C(Nc1cccc(C(F)(F)F)c1)C(Br)C(Br)c1ccccc1. The first-order valence-corrected chi connectivity index (χ1v) is 8.43. The molecule has 2 atom stereocenters. The van der Waals surface area contributed by atoms with Crippen LogP contribution in [0.25, 0.3) is 0 Å². The fourth-order valence-corrected chi connectivity index (χ4v) is 2.89. The van der Waals surface area contributed by atoms with E-state index < -0.39 is 22.5 Å². The topological polar surface area (TPSA) is 29.1 Å². The molecule has 0 aliphatic rings. The van der Waals surface area contributed by atoms with Gasteiger partial charge in [0.05, 0.1) is 10.4 Å². The third kappa shape index (κ3) is 4.81. The van der Waals surface area contributed by atoms with Crippen molar-refractivity contribution in [3.8, 4) is 0 Å². The second kappa shape index (κ2) is 7.49. The van der Waals surface area contributed by atoms with Gasteiger partial charge in [0.1, 0.15) is 4.83 Å². The Morgan fingerprint density at radius 2 is 1.65 bits per heavy atom. The van der Waals surface area contributed by atoms with Gasteiger partial charge in [-0.25, -0.2) is 0 Å². The molecule has 2 aromatic rings. The lowest BCUT2D eigenvalue weighted by molar-refractivity contribution is -0.137. The molecule has 0 bridgehead atoms. The number of alkyl halides is 5. The summed E-state index contributed by atoms with van der Waals surface area (Å²) < 4.78 is 38.1. The van der Waals surface area contributed by atoms with Crippen molar-refractivity contribution in [3.63, 3.8) is 0 Å². The van der Waals surface area contributed by atoms with E-state index in [0.717, 1.165) is 17.7 Å². The van der Waals surface area contributed by atoms with Crippen molar-refractivity contribution >= 4 is 43.5 Å². The van der Waals surface area contributed by atoms with E-state index in [2.05, 4.69) is 37.2 Å². The predicted octanol–water partition coefficient (Wildman–Crippen LogP) is 5.54. The molecule has 0 radical (unpaired) electrons. The van der Waals surface area contributed by atoms with Crippen LogP contribution in [-0.4, -0.2) is 10.7 Å². The van der Waals surface area contributed by atoms with Crippen LogP contribution < -0.4 is 5.32 Å². The van der Waals surface area contributed by atoms with Gasteiger partial charge in [-0.05, 0) is 23.8 Å². The van der Waals surface area contributed by atoms with E-state index in [1.54, 1.807) is 0 Å². The van der Waals surface area contributed by atoms with Gasteiger partial charge in [0.25, 0.3) is 0 Å². The Bertz CT molecular complexity index is 677. The van der Waals surface area contributed by atoms with Gasteiger partial charge in [-0.15, -0.1) is 0 Å². The Morgan fingerprint density at radius 1 is 1.00 bits per heavy atom. The molecule has 0 spiro atoms. The average Bonchev–Trinajstić information content (AvgIpc) is 2.53. The first-order valence-electron chi connectivity index (χ1n) is 6.60. The van der Waals surface area contributed by atoms with Gasteiger partial charge in [-0.3, -0.25) is 4.79 Å². The lowest BCUT2D eigenvalue weighted by Gasteiger charge is -2.17.